The molecule has 4 heterocycles. The first kappa shape index (κ1) is 15.8. The van der Waals surface area contributed by atoms with Crippen LogP contribution in [0.15, 0.2) is 30.3 Å². The van der Waals surface area contributed by atoms with Gasteiger partial charge in [-0.2, -0.15) is 5.10 Å². The summed E-state index contributed by atoms with van der Waals surface area (Å²) >= 11 is 0. The van der Waals surface area contributed by atoms with Gasteiger partial charge in [-0.3, -0.25) is 14.3 Å². The molecule has 3 aliphatic heterocycles. The van der Waals surface area contributed by atoms with Crippen molar-refractivity contribution in [3.05, 3.63) is 47.2 Å². The Morgan fingerprint density at radius 3 is 2.38 bits per heavy atom. The minimum Gasteiger partial charge on any atom is -0.373 e. The molecule has 2 aromatic rings. The van der Waals surface area contributed by atoms with Gasteiger partial charge in [0.2, 0.25) is 11.8 Å². The van der Waals surface area contributed by atoms with E-state index in [4.69, 9.17) is 4.74 Å². The zero-order chi connectivity index (χ0) is 18.0. The number of imide groups is 1. The molecule has 3 aliphatic rings. The number of rotatable bonds is 3. The predicted molar refractivity (Wildman–Crippen MR) is 94.6 cm³/mol. The van der Waals surface area contributed by atoms with Crippen molar-refractivity contribution in [2.24, 2.45) is 11.8 Å². The molecule has 2 amide bonds. The van der Waals surface area contributed by atoms with Gasteiger partial charge in [-0.25, -0.2) is 4.90 Å². The van der Waals surface area contributed by atoms with Gasteiger partial charge in [-0.15, -0.1) is 0 Å². The van der Waals surface area contributed by atoms with Crippen molar-refractivity contribution in [2.45, 2.75) is 45.4 Å². The maximum absolute atomic E-state index is 12.9. The molecule has 1 aromatic carbocycles. The number of anilines is 1. The van der Waals surface area contributed by atoms with Crippen LogP contribution >= 0.6 is 0 Å². The first-order valence-electron chi connectivity index (χ1n) is 9.17. The van der Waals surface area contributed by atoms with Gasteiger partial charge < -0.3 is 4.74 Å². The number of carbonyl (C=O) groups is 2. The molecule has 0 radical (unpaired) electrons. The van der Waals surface area contributed by atoms with E-state index in [1.165, 1.54) is 16.0 Å². The SMILES string of the molecule is Cc1ccccc1Cn1nc(N2C(=O)[C@@H]3[C@H](C2=O)[C@@H]2CC[C@@H]3O2)cc1C. The normalized spacial score (nSPS) is 29.7. The van der Waals surface area contributed by atoms with E-state index in [0.717, 1.165) is 18.5 Å². The van der Waals surface area contributed by atoms with Crippen LogP contribution in [0.1, 0.15) is 29.7 Å². The van der Waals surface area contributed by atoms with Gasteiger partial charge in [0.15, 0.2) is 5.82 Å². The molecule has 6 nitrogen and oxygen atoms in total. The third kappa shape index (κ3) is 2.11. The minimum atomic E-state index is -0.317. The first-order chi connectivity index (χ1) is 12.5. The molecule has 2 bridgehead atoms. The minimum absolute atomic E-state index is 0.0957. The number of fused-ring (bicyclic) bond motifs is 5. The maximum atomic E-state index is 12.9. The van der Waals surface area contributed by atoms with Crippen molar-refractivity contribution in [1.82, 2.24) is 9.78 Å². The van der Waals surface area contributed by atoms with Gasteiger partial charge in [0.05, 0.1) is 30.6 Å². The summed E-state index contributed by atoms with van der Waals surface area (Å²) in [5, 5.41) is 4.59. The lowest BCUT2D eigenvalue weighted by molar-refractivity contribution is -0.124. The highest BCUT2D eigenvalue weighted by atomic mass is 16.5. The standard InChI is InChI=1S/C20H21N3O3/c1-11-5-3-4-6-13(11)10-22-12(2)9-16(21-22)23-19(24)17-14-7-8-15(26-14)18(17)20(23)25/h3-6,9,14-15,17-18H,7-8,10H2,1-2H3/t14-,15-,17-,18+/m0/s1. The molecule has 134 valence electrons. The molecule has 4 atom stereocenters. The number of aromatic nitrogens is 2. The van der Waals surface area contributed by atoms with Crippen molar-refractivity contribution >= 4 is 17.6 Å². The smallest absolute Gasteiger partial charge is 0.241 e. The molecule has 0 saturated carbocycles. The second-order valence-corrected chi connectivity index (χ2v) is 7.58. The van der Waals surface area contributed by atoms with Gasteiger partial charge in [-0.05, 0) is 37.8 Å². The van der Waals surface area contributed by atoms with Crippen molar-refractivity contribution < 1.29 is 14.3 Å². The lowest BCUT2D eigenvalue weighted by atomic mass is 9.81. The Morgan fingerprint density at radius 2 is 1.73 bits per heavy atom. The summed E-state index contributed by atoms with van der Waals surface area (Å²) in [5.74, 6) is -0.480. The molecule has 3 fully saturated rings. The van der Waals surface area contributed by atoms with E-state index in [-0.39, 0.29) is 35.9 Å². The summed E-state index contributed by atoms with van der Waals surface area (Å²) in [7, 11) is 0. The van der Waals surface area contributed by atoms with E-state index in [2.05, 4.69) is 24.2 Å². The highest BCUT2D eigenvalue weighted by molar-refractivity contribution is 6.22. The predicted octanol–water partition coefficient (Wildman–Crippen LogP) is 2.22. The second-order valence-electron chi connectivity index (χ2n) is 7.58. The van der Waals surface area contributed by atoms with Crippen LogP contribution in [0.4, 0.5) is 5.82 Å². The van der Waals surface area contributed by atoms with Gasteiger partial charge >= 0.3 is 0 Å². The molecule has 3 saturated heterocycles. The van der Waals surface area contributed by atoms with Crippen molar-refractivity contribution in [3.8, 4) is 0 Å². The molecule has 0 spiro atoms. The number of hydrogen-bond donors (Lipinski definition) is 0. The number of nitrogens with zero attached hydrogens (tertiary/aromatic N) is 3. The van der Waals surface area contributed by atoms with Crippen LogP contribution in [0.3, 0.4) is 0 Å². The summed E-state index contributed by atoms with van der Waals surface area (Å²) in [6, 6.07) is 9.99. The van der Waals surface area contributed by atoms with Crippen molar-refractivity contribution in [3.63, 3.8) is 0 Å². The average molecular weight is 351 g/mol. The second kappa shape index (κ2) is 5.51. The van der Waals surface area contributed by atoms with Gasteiger partial charge in [-0.1, -0.05) is 24.3 Å². The van der Waals surface area contributed by atoms with Gasteiger partial charge in [0, 0.05) is 11.8 Å². The molecule has 0 N–H and O–H groups in total. The highest BCUT2D eigenvalue weighted by Crippen LogP contribution is 2.49. The van der Waals surface area contributed by atoms with Crippen molar-refractivity contribution in [2.75, 3.05) is 4.90 Å². The van der Waals surface area contributed by atoms with Gasteiger partial charge in [0.25, 0.3) is 0 Å². The van der Waals surface area contributed by atoms with E-state index in [9.17, 15) is 9.59 Å². The van der Waals surface area contributed by atoms with Crippen LogP contribution in [0.5, 0.6) is 0 Å². The lowest BCUT2D eigenvalue weighted by Crippen LogP contribution is -2.34. The summed E-state index contributed by atoms with van der Waals surface area (Å²) < 4.78 is 7.65. The van der Waals surface area contributed by atoms with Gasteiger partial charge in [0.1, 0.15) is 0 Å². The number of aryl methyl sites for hydroxylation is 2. The fourth-order valence-corrected chi connectivity index (χ4v) is 4.65. The Kier molecular flexibility index (Phi) is 3.34. The Hall–Kier alpha value is -2.47. The molecule has 0 aliphatic carbocycles. The fourth-order valence-electron chi connectivity index (χ4n) is 4.65. The summed E-state index contributed by atoms with van der Waals surface area (Å²) in [6.07, 6.45) is 1.56. The molecule has 0 unspecified atom stereocenters. The largest absolute Gasteiger partial charge is 0.373 e. The third-order valence-corrected chi connectivity index (χ3v) is 6.06. The number of hydrogen-bond acceptors (Lipinski definition) is 4. The number of ether oxygens (including phenoxy) is 1. The van der Waals surface area contributed by atoms with Crippen LogP contribution in [-0.2, 0) is 20.9 Å². The fraction of sp³-hybridized carbons (Fsp3) is 0.450. The Morgan fingerprint density at radius 1 is 1.08 bits per heavy atom. The van der Waals surface area contributed by atoms with Crippen LogP contribution in [0.2, 0.25) is 0 Å². The Labute approximate surface area is 151 Å². The Balaban J connectivity index is 1.46. The maximum Gasteiger partial charge on any atom is 0.241 e. The average Bonchev–Trinajstić information content (AvgIpc) is 3.35. The summed E-state index contributed by atoms with van der Waals surface area (Å²) in [6.45, 7) is 4.64. The van der Waals surface area contributed by atoms with E-state index in [1.54, 1.807) is 0 Å². The molecule has 6 heteroatoms. The summed E-state index contributed by atoms with van der Waals surface area (Å²) in [5.41, 5.74) is 3.30. The van der Waals surface area contributed by atoms with Crippen LogP contribution in [0.25, 0.3) is 0 Å². The molecule has 26 heavy (non-hydrogen) atoms. The van der Waals surface area contributed by atoms with Crippen LogP contribution in [-0.4, -0.2) is 33.8 Å². The van der Waals surface area contributed by atoms with E-state index >= 15 is 0 Å². The number of amides is 2. The van der Waals surface area contributed by atoms with Crippen LogP contribution in [0, 0.1) is 25.7 Å². The monoisotopic (exact) mass is 351 g/mol. The topological polar surface area (TPSA) is 64.4 Å². The van der Waals surface area contributed by atoms with E-state index in [0.29, 0.717) is 12.4 Å². The molecule has 5 rings (SSSR count). The zero-order valence-corrected chi connectivity index (χ0v) is 14.9. The highest BCUT2D eigenvalue weighted by Gasteiger charge is 2.63. The number of carbonyl (C=O) groups excluding carboxylic acids is 2. The van der Waals surface area contributed by atoms with E-state index < -0.39 is 0 Å². The molecular weight excluding hydrogens is 330 g/mol. The Bertz CT molecular complexity index is 891. The third-order valence-electron chi connectivity index (χ3n) is 6.06. The van der Waals surface area contributed by atoms with Crippen molar-refractivity contribution in [1.29, 1.82) is 0 Å². The molecule has 1 aromatic heterocycles. The number of benzene rings is 1. The first-order valence-corrected chi connectivity index (χ1v) is 9.17. The zero-order valence-electron chi connectivity index (χ0n) is 14.9. The lowest BCUT2D eigenvalue weighted by Gasteiger charge is -2.15. The van der Waals surface area contributed by atoms with E-state index in [1.807, 2.05) is 29.8 Å². The van der Waals surface area contributed by atoms with Crippen LogP contribution < -0.4 is 4.90 Å². The molecular formula is C20H21N3O3. The summed E-state index contributed by atoms with van der Waals surface area (Å²) in [4.78, 5) is 27.1. The quantitative estimate of drug-likeness (QED) is 0.796.